The van der Waals surface area contributed by atoms with Crippen LogP contribution in [0.3, 0.4) is 0 Å². The SMILES string of the molecule is CNc1cc(N2C[C@H](O)C[C@@H]2CNC(=O)Cc2ccc3c(c2)CCOC3)ncn1. The predicted molar refractivity (Wildman–Crippen MR) is 110 cm³/mol. The molecule has 1 aromatic heterocycles. The Bertz CT molecular complexity index is 875. The average Bonchev–Trinajstić information content (AvgIpc) is 3.13. The van der Waals surface area contributed by atoms with Gasteiger partial charge < -0.3 is 25.4 Å². The van der Waals surface area contributed by atoms with Crippen LogP contribution in [-0.2, 0) is 29.0 Å². The maximum absolute atomic E-state index is 12.5. The molecule has 0 unspecified atom stereocenters. The summed E-state index contributed by atoms with van der Waals surface area (Å²) in [4.78, 5) is 23.0. The number of rotatable bonds is 6. The standard InChI is InChI=1S/C21H27N5O3/c1-22-19-9-20(25-13-24-19)26-11-18(27)8-17(26)10-23-21(28)7-14-2-3-16-12-29-5-4-15(16)6-14/h2-3,6,9,13,17-18,27H,4-5,7-8,10-12H2,1H3,(H,23,28)(H,22,24,25)/t17-,18-/m1/s1. The number of amides is 1. The van der Waals surface area contributed by atoms with Crippen molar-refractivity contribution in [3.05, 3.63) is 47.3 Å². The van der Waals surface area contributed by atoms with Crippen LogP contribution in [0.4, 0.5) is 11.6 Å². The number of carbonyl (C=O) groups excluding carboxylic acids is 1. The Morgan fingerprint density at radius 2 is 2.21 bits per heavy atom. The third-order valence-electron chi connectivity index (χ3n) is 5.54. The number of anilines is 2. The molecule has 0 spiro atoms. The summed E-state index contributed by atoms with van der Waals surface area (Å²) in [5.41, 5.74) is 3.50. The lowest BCUT2D eigenvalue weighted by Gasteiger charge is -2.25. The van der Waals surface area contributed by atoms with Crippen LogP contribution in [0.5, 0.6) is 0 Å². The van der Waals surface area contributed by atoms with Gasteiger partial charge in [-0.1, -0.05) is 18.2 Å². The monoisotopic (exact) mass is 397 g/mol. The lowest BCUT2D eigenvalue weighted by atomic mass is 9.99. The van der Waals surface area contributed by atoms with Gasteiger partial charge in [0.15, 0.2) is 0 Å². The first-order valence-corrected chi connectivity index (χ1v) is 10.0. The largest absolute Gasteiger partial charge is 0.391 e. The maximum atomic E-state index is 12.5. The zero-order valence-electron chi connectivity index (χ0n) is 16.6. The molecule has 1 saturated heterocycles. The van der Waals surface area contributed by atoms with Gasteiger partial charge in [-0.3, -0.25) is 4.79 Å². The molecular weight excluding hydrogens is 370 g/mol. The number of β-amino-alcohol motifs (C(OH)–C–C–N with tert-alkyl or cyclic N) is 1. The fourth-order valence-electron chi connectivity index (χ4n) is 4.01. The fourth-order valence-corrected chi connectivity index (χ4v) is 4.01. The summed E-state index contributed by atoms with van der Waals surface area (Å²) < 4.78 is 5.46. The Morgan fingerprint density at radius 3 is 3.07 bits per heavy atom. The molecule has 1 aromatic carbocycles. The molecule has 1 fully saturated rings. The lowest BCUT2D eigenvalue weighted by Crippen LogP contribution is -2.41. The number of nitrogens with one attached hydrogen (secondary N) is 2. The topological polar surface area (TPSA) is 99.6 Å². The Kier molecular flexibility index (Phi) is 5.92. The number of fused-ring (bicyclic) bond motifs is 1. The Morgan fingerprint density at radius 1 is 1.31 bits per heavy atom. The number of aromatic nitrogens is 2. The van der Waals surface area contributed by atoms with Crippen molar-refractivity contribution in [3.8, 4) is 0 Å². The van der Waals surface area contributed by atoms with Crippen LogP contribution in [0.1, 0.15) is 23.1 Å². The molecule has 0 aliphatic carbocycles. The van der Waals surface area contributed by atoms with E-state index in [2.05, 4.69) is 32.7 Å². The van der Waals surface area contributed by atoms with E-state index in [4.69, 9.17) is 4.74 Å². The van der Waals surface area contributed by atoms with Gasteiger partial charge in [-0.15, -0.1) is 0 Å². The summed E-state index contributed by atoms with van der Waals surface area (Å²) >= 11 is 0. The number of hydrogen-bond donors (Lipinski definition) is 3. The number of ether oxygens (including phenoxy) is 1. The van der Waals surface area contributed by atoms with Gasteiger partial charge in [0.1, 0.15) is 18.0 Å². The van der Waals surface area contributed by atoms with Crippen LogP contribution in [0.2, 0.25) is 0 Å². The summed E-state index contributed by atoms with van der Waals surface area (Å²) in [7, 11) is 1.80. The van der Waals surface area contributed by atoms with Gasteiger partial charge in [0.25, 0.3) is 0 Å². The lowest BCUT2D eigenvalue weighted by molar-refractivity contribution is -0.120. The van der Waals surface area contributed by atoms with Crippen molar-refractivity contribution in [1.82, 2.24) is 15.3 Å². The second-order valence-corrected chi connectivity index (χ2v) is 7.59. The molecule has 29 heavy (non-hydrogen) atoms. The summed E-state index contributed by atoms with van der Waals surface area (Å²) in [6.07, 6.45) is 2.90. The molecule has 0 bridgehead atoms. The van der Waals surface area contributed by atoms with E-state index in [1.165, 1.54) is 17.5 Å². The average molecular weight is 397 g/mol. The van der Waals surface area contributed by atoms with Crippen molar-refractivity contribution in [1.29, 1.82) is 0 Å². The van der Waals surface area contributed by atoms with Crippen LogP contribution >= 0.6 is 0 Å². The molecule has 4 rings (SSSR count). The maximum Gasteiger partial charge on any atom is 0.224 e. The molecule has 154 valence electrons. The first-order valence-electron chi connectivity index (χ1n) is 10.0. The molecule has 8 nitrogen and oxygen atoms in total. The van der Waals surface area contributed by atoms with E-state index in [-0.39, 0.29) is 11.9 Å². The molecule has 2 atom stereocenters. The van der Waals surface area contributed by atoms with Crippen molar-refractivity contribution >= 4 is 17.5 Å². The first-order chi connectivity index (χ1) is 14.1. The molecule has 0 saturated carbocycles. The van der Waals surface area contributed by atoms with Crippen molar-refractivity contribution in [2.45, 2.75) is 38.0 Å². The van der Waals surface area contributed by atoms with Gasteiger partial charge in [-0.05, 0) is 29.5 Å². The molecule has 1 amide bonds. The van der Waals surface area contributed by atoms with E-state index >= 15 is 0 Å². The van der Waals surface area contributed by atoms with Crippen LogP contribution in [0, 0.1) is 0 Å². The highest BCUT2D eigenvalue weighted by molar-refractivity contribution is 5.78. The van der Waals surface area contributed by atoms with Crippen molar-refractivity contribution in [2.75, 3.05) is 37.0 Å². The molecule has 8 heteroatoms. The van der Waals surface area contributed by atoms with E-state index in [0.717, 1.165) is 30.2 Å². The van der Waals surface area contributed by atoms with Crippen molar-refractivity contribution in [3.63, 3.8) is 0 Å². The van der Waals surface area contributed by atoms with Crippen molar-refractivity contribution in [2.24, 2.45) is 0 Å². The molecule has 3 heterocycles. The molecule has 3 N–H and O–H groups in total. The second-order valence-electron chi connectivity index (χ2n) is 7.59. The molecule has 2 aliphatic heterocycles. The van der Waals surface area contributed by atoms with Gasteiger partial charge in [-0.2, -0.15) is 0 Å². The van der Waals surface area contributed by atoms with Crippen LogP contribution in [0.15, 0.2) is 30.6 Å². The van der Waals surface area contributed by atoms with E-state index in [0.29, 0.717) is 32.5 Å². The normalized spacial score (nSPS) is 21.0. The minimum absolute atomic E-state index is 0.00534. The first kappa shape index (κ1) is 19.6. The van der Waals surface area contributed by atoms with Crippen molar-refractivity contribution < 1.29 is 14.6 Å². The number of carbonyl (C=O) groups is 1. The fraction of sp³-hybridized carbons (Fsp3) is 0.476. The summed E-state index contributed by atoms with van der Waals surface area (Å²) in [5, 5.41) is 16.2. The molecule has 2 aromatic rings. The summed E-state index contributed by atoms with van der Waals surface area (Å²) in [6.45, 7) is 2.35. The highest BCUT2D eigenvalue weighted by atomic mass is 16.5. The minimum atomic E-state index is -0.437. The van der Waals surface area contributed by atoms with Crippen LogP contribution in [0.25, 0.3) is 0 Å². The van der Waals surface area contributed by atoms with Gasteiger partial charge >= 0.3 is 0 Å². The highest BCUT2D eigenvalue weighted by Crippen LogP contribution is 2.25. The van der Waals surface area contributed by atoms with E-state index in [1.54, 1.807) is 7.05 Å². The molecule has 0 radical (unpaired) electrons. The molecular formula is C21H27N5O3. The number of benzene rings is 1. The highest BCUT2D eigenvalue weighted by Gasteiger charge is 2.32. The quantitative estimate of drug-likeness (QED) is 0.666. The summed E-state index contributed by atoms with van der Waals surface area (Å²) in [5.74, 6) is 1.45. The van der Waals surface area contributed by atoms with Crippen LogP contribution < -0.4 is 15.5 Å². The minimum Gasteiger partial charge on any atom is -0.391 e. The number of nitrogens with zero attached hydrogens (tertiary/aromatic N) is 3. The van der Waals surface area contributed by atoms with E-state index in [9.17, 15) is 9.90 Å². The zero-order chi connectivity index (χ0) is 20.2. The third-order valence-corrected chi connectivity index (χ3v) is 5.54. The Balaban J connectivity index is 1.36. The van der Waals surface area contributed by atoms with E-state index < -0.39 is 6.10 Å². The number of aliphatic hydroxyl groups is 1. The zero-order valence-corrected chi connectivity index (χ0v) is 16.6. The van der Waals surface area contributed by atoms with Gasteiger partial charge in [0.2, 0.25) is 5.91 Å². The second kappa shape index (κ2) is 8.75. The smallest absolute Gasteiger partial charge is 0.224 e. The van der Waals surface area contributed by atoms with Gasteiger partial charge in [0, 0.05) is 26.2 Å². The van der Waals surface area contributed by atoms with Gasteiger partial charge in [0.05, 0.1) is 31.8 Å². The van der Waals surface area contributed by atoms with Crippen LogP contribution in [-0.4, -0.2) is 59.9 Å². The Hall–Kier alpha value is -2.71. The van der Waals surface area contributed by atoms with Gasteiger partial charge in [-0.25, -0.2) is 9.97 Å². The van der Waals surface area contributed by atoms with E-state index in [1.807, 2.05) is 17.0 Å². The Labute approximate surface area is 170 Å². The number of aliphatic hydroxyl groups excluding tert-OH is 1. The molecule has 2 aliphatic rings. The summed E-state index contributed by atoms with van der Waals surface area (Å²) in [6, 6.07) is 8.01. The third kappa shape index (κ3) is 4.65. The number of hydrogen-bond acceptors (Lipinski definition) is 7. The predicted octanol–water partition coefficient (Wildman–Crippen LogP) is 0.889.